The van der Waals surface area contributed by atoms with E-state index < -0.39 is 0 Å². The Hall–Kier alpha value is -2.19. The minimum Gasteiger partial charge on any atom is -0.333 e. The van der Waals surface area contributed by atoms with Gasteiger partial charge in [0.05, 0.1) is 18.6 Å². The van der Waals surface area contributed by atoms with Crippen LogP contribution in [0.3, 0.4) is 0 Å². The van der Waals surface area contributed by atoms with Gasteiger partial charge in [-0.25, -0.2) is 9.97 Å². The molecule has 2 aromatic heterocycles. The number of pyridine rings is 1. The molecule has 2 aromatic rings. The van der Waals surface area contributed by atoms with Crippen molar-refractivity contribution in [3.8, 4) is 6.07 Å². The predicted molar refractivity (Wildman–Crippen MR) is 76.8 cm³/mol. The number of nitrogens with zero attached hydrogens (tertiary/aromatic N) is 4. The number of hydrogen-bond donors (Lipinski definition) is 1. The van der Waals surface area contributed by atoms with E-state index in [4.69, 9.17) is 5.26 Å². The number of imidazole rings is 1. The quantitative estimate of drug-likeness (QED) is 0.870. The summed E-state index contributed by atoms with van der Waals surface area (Å²) in [7, 11) is 0. The molecule has 0 aliphatic carbocycles. The van der Waals surface area contributed by atoms with Crippen molar-refractivity contribution in [3.63, 3.8) is 0 Å². The summed E-state index contributed by atoms with van der Waals surface area (Å²) in [4.78, 5) is 8.42. The van der Waals surface area contributed by atoms with E-state index in [0.29, 0.717) is 18.2 Å². The van der Waals surface area contributed by atoms with E-state index in [1.165, 1.54) is 0 Å². The predicted octanol–water partition coefficient (Wildman–Crippen LogP) is 1.94. The van der Waals surface area contributed by atoms with Gasteiger partial charge in [-0.3, -0.25) is 0 Å². The topological polar surface area (TPSA) is 66.5 Å². The number of rotatable bonds is 6. The van der Waals surface area contributed by atoms with Crippen molar-refractivity contribution >= 4 is 0 Å². The minimum absolute atomic E-state index is 0.473. The van der Waals surface area contributed by atoms with Crippen molar-refractivity contribution in [2.45, 2.75) is 26.9 Å². The molecule has 0 aromatic carbocycles. The van der Waals surface area contributed by atoms with E-state index in [-0.39, 0.29) is 0 Å². The fraction of sp³-hybridized carbons (Fsp3) is 0.400. The lowest BCUT2D eigenvalue weighted by atomic mass is 10.2. The van der Waals surface area contributed by atoms with Gasteiger partial charge in [-0.05, 0) is 18.5 Å². The molecule has 0 fully saturated rings. The Labute approximate surface area is 119 Å². The summed E-state index contributed by atoms with van der Waals surface area (Å²) in [5.41, 5.74) is 2.39. The Morgan fingerprint density at radius 2 is 2.25 bits per heavy atom. The van der Waals surface area contributed by atoms with Gasteiger partial charge in [-0.2, -0.15) is 5.26 Å². The van der Waals surface area contributed by atoms with E-state index >= 15 is 0 Å². The largest absolute Gasteiger partial charge is 0.333 e. The zero-order valence-corrected chi connectivity index (χ0v) is 11.9. The molecule has 0 bridgehead atoms. The summed E-state index contributed by atoms with van der Waals surface area (Å²) in [6, 6.07) is 5.88. The highest BCUT2D eigenvalue weighted by Gasteiger charge is 2.04. The molecule has 2 heterocycles. The normalized spacial score (nSPS) is 10.7. The van der Waals surface area contributed by atoms with Crippen LogP contribution in [0.4, 0.5) is 0 Å². The summed E-state index contributed by atoms with van der Waals surface area (Å²) in [5.74, 6) is 0.630. The molecule has 5 heteroatoms. The Morgan fingerprint density at radius 1 is 1.40 bits per heavy atom. The van der Waals surface area contributed by atoms with Crippen molar-refractivity contribution in [3.05, 3.63) is 47.8 Å². The number of nitriles is 1. The highest BCUT2D eigenvalue weighted by Crippen LogP contribution is 2.07. The van der Waals surface area contributed by atoms with E-state index in [1.54, 1.807) is 12.5 Å². The summed E-state index contributed by atoms with van der Waals surface area (Å²) in [6.45, 7) is 6.72. The molecule has 0 aliphatic heterocycles. The van der Waals surface area contributed by atoms with E-state index in [2.05, 4.69) is 35.2 Å². The average molecular weight is 269 g/mol. The average Bonchev–Trinajstić information content (AvgIpc) is 2.86. The molecule has 0 saturated carbocycles. The molecule has 0 atom stereocenters. The van der Waals surface area contributed by atoms with Gasteiger partial charge in [0.2, 0.25) is 0 Å². The molecule has 0 unspecified atom stereocenters. The first-order chi connectivity index (χ1) is 9.69. The highest BCUT2D eigenvalue weighted by molar-refractivity contribution is 5.30. The Bertz CT molecular complexity index is 594. The van der Waals surface area contributed by atoms with Gasteiger partial charge < -0.3 is 9.88 Å². The summed E-state index contributed by atoms with van der Waals surface area (Å²) < 4.78 is 1.98. The fourth-order valence-corrected chi connectivity index (χ4v) is 1.94. The Kier molecular flexibility index (Phi) is 4.85. The maximum Gasteiger partial charge on any atom is 0.145 e. The molecule has 2 rings (SSSR count). The monoisotopic (exact) mass is 269 g/mol. The highest BCUT2D eigenvalue weighted by atomic mass is 15.0. The molecule has 104 valence electrons. The summed E-state index contributed by atoms with van der Waals surface area (Å²) >= 11 is 0. The molecule has 0 spiro atoms. The van der Waals surface area contributed by atoms with Gasteiger partial charge in [-0.1, -0.05) is 19.9 Å². The van der Waals surface area contributed by atoms with Crippen molar-refractivity contribution < 1.29 is 0 Å². The van der Waals surface area contributed by atoms with Crippen LogP contribution in [0.25, 0.3) is 0 Å². The number of hydrogen-bond acceptors (Lipinski definition) is 4. The molecule has 0 amide bonds. The van der Waals surface area contributed by atoms with Crippen molar-refractivity contribution in [2.24, 2.45) is 5.92 Å². The third-order valence-electron chi connectivity index (χ3n) is 2.90. The smallest absolute Gasteiger partial charge is 0.145 e. The van der Waals surface area contributed by atoms with Crippen LogP contribution in [0, 0.1) is 17.2 Å². The van der Waals surface area contributed by atoms with Gasteiger partial charge in [0.15, 0.2) is 0 Å². The molecule has 0 aliphatic rings. The van der Waals surface area contributed by atoms with E-state index in [1.807, 2.05) is 22.9 Å². The van der Waals surface area contributed by atoms with Crippen LogP contribution < -0.4 is 5.32 Å². The molecule has 0 radical (unpaired) electrons. The van der Waals surface area contributed by atoms with Crippen LogP contribution in [0.15, 0.2) is 30.9 Å². The Balaban J connectivity index is 1.97. The van der Waals surface area contributed by atoms with Crippen molar-refractivity contribution in [2.75, 3.05) is 6.54 Å². The Morgan fingerprint density at radius 3 is 3.00 bits per heavy atom. The second-order valence-electron chi connectivity index (χ2n) is 5.19. The first-order valence-corrected chi connectivity index (χ1v) is 6.74. The zero-order chi connectivity index (χ0) is 14.4. The third kappa shape index (κ3) is 3.90. The van der Waals surface area contributed by atoms with Crippen molar-refractivity contribution in [1.29, 1.82) is 5.26 Å². The summed E-state index contributed by atoms with van der Waals surface area (Å²) in [5, 5.41) is 12.4. The second kappa shape index (κ2) is 6.83. The van der Waals surface area contributed by atoms with Crippen LogP contribution in [-0.4, -0.2) is 21.1 Å². The number of aromatic nitrogens is 3. The molecule has 1 N–H and O–H groups in total. The standard InChI is InChI=1S/C15H19N5/c1-12(2)7-17-8-14-10-20(11-19-14)9-13-4-3-5-18-15(13)6-16/h3-5,10-12,17H,7-9H2,1-2H3. The molecule has 5 nitrogen and oxygen atoms in total. The van der Waals surface area contributed by atoms with Gasteiger partial charge in [0.25, 0.3) is 0 Å². The SMILES string of the molecule is CC(C)CNCc1cn(Cc2cccnc2C#N)cn1. The van der Waals surface area contributed by atoms with Gasteiger partial charge in [-0.15, -0.1) is 0 Å². The third-order valence-corrected chi connectivity index (χ3v) is 2.90. The minimum atomic E-state index is 0.473. The fourth-order valence-electron chi connectivity index (χ4n) is 1.94. The maximum atomic E-state index is 9.02. The first kappa shape index (κ1) is 14.2. The van der Waals surface area contributed by atoms with Crippen molar-refractivity contribution in [1.82, 2.24) is 19.9 Å². The van der Waals surface area contributed by atoms with E-state index in [9.17, 15) is 0 Å². The van der Waals surface area contributed by atoms with Gasteiger partial charge >= 0.3 is 0 Å². The van der Waals surface area contributed by atoms with Crippen LogP contribution in [0.5, 0.6) is 0 Å². The molecular weight excluding hydrogens is 250 g/mol. The van der Waals surface area contributed by atoms with Crippen LogP contribution >= 0.6 is 0 Å². The number of nitrogens with one attached hydrogen (secondary N) is 1. The van der Waals surface area contributed by atoms with Crippen LogP contribution in [0.1, 0.15) is 30.8 Å². The van der Waals surface area contributed by atoms with Gasteiger partial charge in [0.1, 0.15) is 11.8 Å². The second-order valence-corrected chi connectivity index (χ2v) is 5.19. The lowest BCUT2D eigenvalue weighted by Gasteiger charge is -2.05. The maximum absolute atomic E-state index is 9.02. The molecular formula is C15H19N5. The zero-order valence-electron chi connectivity index (χ0n) is 11.9. The van der Waals surface area contributed by atoms with Gasteiger partial charge in [0, 0.05) is 24.5 Å². The van der Waals surface area contributed by atoms with E-state index in [0.717, 1.165) is 24.3 Å². The van der Waals surface area contributed by atoms with Crippen LogP contribution in [0.2, 0.25) is 0 Å². The lowest BCUT2D eigenvalue weighted by Crippen LogP contribution is -2.19. The molecule has 0 saturated heterocycles. The molecule has 20 heavy (non-hydrogen) atoms. The van der Waals surface area contributed by atoms with Crippen LogP contribution in [-0.2, 0) is 13.1 Å². The summed E-state index contributed by atoms with van der Waals surface area (Å²) in [6.07, 6.45) is 5.43. The lowest BCUT2D eigenvalue weighted by molar-refractivity contribution is 0.548. The first-order valence-electron chi connectivity index (χ1n) is 6.74.